The molecule has 2 aliphatic heterocycles. The monoisotopic (exact) mass is 710 g/mol. The lowest BCUT2D eigenvalue weighted by molar-refractivity contribution is -0.129. The highest BCUT2D eigenvalue weighted by atomic mass is 19.1. The molecule has 2 fully saturated rings. The molecule has 10 nitrogen and oxygen atoms in total. The van der Waals surface area contributed by atoms with Crippen LogP contribution in [0.25, 0.3) is 33.6 Å². The van der Waals surface area contributed by atoms with E-state index in [-0.39, 0.29) is 41.7 Å². The van der Waals surface area contributed by atoms with Crippen LogP contribution in [0.4, 0.5) is 4.39 Å². The molecule has 11 heteroatoms. The van der Waals surface area contributed by atoms with Gasteiger partial charge in [-0.25, -0.2) is 14.4 Å². The number of nitrogens with one attached hydrogen (secondary N) is 6. The first-order valence-electron chi connectivity index (χ1n) is 18.4. The zero-order valence-corrected chi connectivity index (χ0v) is 32.0. The number of carbonyl (C=O) groups is 2. The Morgan fingerprint density at radius 3 is 1.42 bits per heavy atom. The number of hydrogen-bond acceptors (Lipinski definition) is 6. The van der Waals surface area contributed by atoms with Crippen LogP contribution in [0.1, 0.15) is 98.9 Å². The topological polar surface area (TPSA) is 140 Å². The number of H-pyrrole nitrogens is 2. The first-order valence-corrected chi connectivity index (χ1v) is 18.4. The smallest absolute Gasteiger partial charge is 0.240 e. The van der Waals surface area contributed by atoms with Crippen molar-refractivity contribution in [3.8, 4) is 33.6 Å². The number of alkyl halides is 1. The molecule has 4 aromatic rings. The number of carbonyl (C=O) groups excluding carboxylic acids is 2. The zero-order chi connectivity index (χ0) is 37.6. The van der Waals surface area contributed by atoms with Crippen LogP contribution in [0.3, 0.4) is 0 Å². The Hall–Kier alpha value is -4.35. The van der Waals surface area contributed by atoms with E-state index in [0.717, 1.165) is 52.4 Å². The predicted molar refractivity (Wildman–Crippen MR) is 204 cm³/mol. The number of halogens is 1. The van der Waals surface area contributed by atoms with Gasteiger partial charge in [0.1, 0.15) is 17.8 Å². The quantitative estimate of drug-likeness (QED) is 0.110. The van der Waals surface area contributed by atoms with E-state index in [0.29, 0.717) is 11.7 Å². The summed E-state index contributed by atoms with van der Waals surface area (Å²) in [6.07, 6.45) is 3.54. The first-order chi connectivity index (χ1) is 24.3. The van der Waals surface area contributed by atoms with Gasteiger partial charge < -0.3 is 31.2 Å². The van der Waals surface area contributed by atoms with E-state index in [1.165, 1.54) is 0 Å². The number of aromatic nitrogens is 4. The van der Waals surface area contributed by atoms with Gasteiger partial charge in [0.2, 0.25) is 11.8 Å². The van der Waals surface area contributed by atoms with Crippen LogP contribution in [0, 0.1) is 16.7 Å². The SMILES string of the molecule is C[C@H]1CN[C@](C)(C(=O)N[C@H](c2ncc(-c3ccc(-c4ccc(-c5cnc([C@@H](NC(=O)[C@]6(C)C[C@@H](F)CN6)C(C)(C)C)[nH]5)cc4)cc3)[nH]2)C(C)(C)C)C1. The minimum atomic E-state index is -1.04. The van der Waals surface area contributed by atoms with Gasteiger partial charge in [-0.2, -0.15) is 0 Å². The van der Waals surface area contributed by atoms with Gasteiger partial charge in [0.15, 0.2) is 0 Å². The van der Waals surface area contributed by atoms with Gasteiger partial charge in [-0.15, -0.1) is 0 Å². The highest BCUT2D eigenvalue weighted by Gasteiger charge is 2.44. The van der Waals surface area contributed by atoms with E-state index in [1.807, 2.05) is 33.9 Å². The number of amides is 2. The Bertz CT molecular complexity index is 1750. The van der Waals surface area contributed by atoms with Crippen LogP contribution < -0.4 is 21.3 Å². The Morgan fingerprint density at radius 1 is 0.692 bits per heavy atom. The summed E-state index contributed by atoms with van der Waals surface area (Å²) in [5.41, 5.74) is 3.73. The molecule has 2 amide bonds. The molecule has 52 heavy (non-hydrogen) atoms. The summed E-state index contributed by atoms with van der Waals surface area (Å²) in [6.45, 7) is 19.4. The Balaban J connectivity index is 1.13. The van der Waals surface area contributed by atoms with Gasteiger partial charge in [-0.3, -0.25) is 9.59 Å². The van der Waals surface area contributed by atoms with Crippen LogP contribution in [0.5, 0.6) is 0 Å². The van der Waals surface area contributed by atoms with Crippen LogP contribution >= 0.6 is 0 Å². The molecule has 0 aliphatic carbocycles. The van der Waals surface area contributed by atoms with Crippen molar-refractivity contribution in [2.75, 3.05) is 13.1 Å². The van der Waals surface area contributed by atoms with Gasteiger partial charge in [0, 0.05) is 13.0 Å². The first kappa shape index (κ1) is 37.4. The maximum atomic E-state index is 14.0. The molecule has 4 heterocycles. The van der Waals surface area contributed by atoms with Crippen molar-refractivity contribution < 1.29 is 14.0 Å². The second-order valence-corrected chi connectivity index (χ2v) is 17.6. The highest BCUT2D eigenvalue weighted by molar-refractivity contribution is 5.87. The average molecular weight is 711 g/mol. The van der Waals surface area contributed by atoms with Crippen molar-refractivity contribution >= 4 is 11.8 Å². The average Bonchev–Trinajstić information content (AvgIpc) is 3.90. The molecule has 2 aromatic heterocycles. The normalized spacial score (nSPS) is 24.8. The molecule has 6 atom stereocenters. The second kappa shape index (κ2) is 13.9. The van der Waals surface area contributed by atoms with E-state index in [4.69, 9.17) is 4.98 Å². The number of rotatable bonds is 9. The van der Waals surface area contributed by atoms with Crippen LogP contribution in [0.15, 0.2) is 60.9 Å². The van der Waals surface area contributed by atoms with Crippen molar-refractivity contribution in [1.82, 2.24) is 41.2 Å². The molecule has 6 rings (SSSR count). The molecular formula is C41H55FN8O2. The minimum Gasteiger partial charge on any atom is -0.344 e. The van der Waals surface area contributed by atoms with E-state index in [9.17, 15) is 14.0 Å². The minimum absolute atomic E-state index is 0.000842. The predicted octanol–water partition coefficient (Wildman–Crippen LogP) is 7.02. The summed E-state index contributed by atoms with van der Waals surface area (Å²) >= 11 is 0. The van der Waals surface area contributed by atoms with Crippen molar-refractivity contribution in [2.24, 2.45) is 16.7 Å². The number of hydrogen-bond donors (Lipinski definition) is 6. The van der Waals surface area contributed by atoms with Crippen molar-refractivity contribution in [3.05, 3.63) is 72.6 Å². The van der Waals surface area contributed by atoms with E-state index in [2.05, 4.69) is 112 Å². The van der Waals surface area contributed by atoms with E-state index < -0.39 is 23.3 Å². The van der Waals surface area contributed by atoms with Gasteiger partial charge >= 0.3 is 0 Å². The van der Waals surface area contributed by atoms with Crippen molar-refractivity contribution in [2.45, 2.75) is 104 Å². The third kappa shape index (κ3) is 7.85. The van der Waals surface area contributed by atoms with E-state index >= 15 is 0 Å². The second-order valence-electron chi connectivity index (χ2n) is 17.6. The maximum absolute atomic E-state index is 14.0. The Kier molecular flexibility index (Phi) is 9.99. The van der Waals surface area contributed by atoms with Gasteiger partial charge in [-0.1, -0.05) is 97.0 Å². The molecule has 0 bridgehead atoms. The number of nitrogens with zero attached hydrogens (tertiary/aromatic N) is 2. The summed E-state index contributed by atoms with van der Waals surface area (Å²) in [6, 6.07) is 15.9. The Morgan fingerprint density at radius 2 is 1.08 bits per heavy atom. The molecule has 2 aromatic carbocycles. The third-order valence-corrected chi connectivity index (χ3v) is 10.7. The number of benzene rings is 2. The van der Waals surface area contributed by atoms with Crippen molar-refractivity contribution in [3.63, 3.8) is 0 Å². The fourth-order valence-corrected chi connectivity index (χ4v) is 7.43. The van der Waals surface area contributed by atoms with Crippen LogP contribution in [-0.2, 0) is 9.59 Å². The van der Waals surface area contributed by atoms with Crippen LogP contribution in [0.2, 0.25) is 0 Å². The maximum Gasteiger partial charge on any atom is 0.240 e. The Labute approximate surface area is 307 Å². The fourth-order valence-electron chi connectivity index (χ4n) is 7.43. The van der Waals surface area contributed by atoms with Crippen LogP contribution in [-0.4, -0.2) is 62.1 Å². The molecule has 278 valence electrons. The standard InChI is InChI=1S/C41H55FN8O2/c1-24-18-40(8,45-20-24)36(51)49-32(38(2,3)4)34-43-22-30(47-34)27-14-10-25(11-15-27)26-12-16-28(17-13-26)31-23-44-35(48-31)33(39(5,6)7)50-37(52)41(9)19-29(42)21-46-41/h10-17,22-24,29,32-33,45-46H,18-21H2,1-9H3,(H,43,47)(H,44,48)(H,49,51)(H,50,52)/t24-,29-,32-,33-,40+,41+/m1/s1. The highest BCUT2D eigenvalue weighted by Crippen LogP contribution is 2.36. The van der Waals surface area contributed by atoms with Gasteiger partial charge in [0.05, 0.1) is 46.9 Å². The number of aromatic amines is 2. The largest absolute Gasteiger partial charge is 0.344 e. The molecule has 0 radical (unpaired) electrons. The zero-order valence-electron chi connectivity index (χ0n) is 32.0. The molecule has 2 saturated heterocycles. The molecule has 6 N–H and O–H groups in total. The molecular weight excluding hydrogens is 656 g/mol. The molecule has 0 spiro atoms. The van der Waals surface area contributed by atoms with Gasteiger partial charge in [0.25, 0.3) is 0 Å². The van der Waals surface area contributed by atoms with Gasteiger partial charge in [-0.05, 0) is 65.8 Å². The summed E-state index contributed by atoms with van der Waals surface area (Å²) in [5.74, 6) is 1.62. The lowest BCUT2D eigenvalue weighted by atomic mass is 9.85. The summed E-state index contributed by atoms with van der Waals surface area (Å²) in [7, 11) is 0. The summed E-state index contributed by atoms with van der Waals surface area (Å²) in [5, 5.41) is 12.9. The summed E-state index contributed by atoms with van der Waals surface area (Å²) in [4.78, 5) is 43.0. The summed E-state index contributed by atoms with van der Waals surface area (Å²) < 4.78 is 14.0. The lowest BCUT2D eigenvalue weighted by Crippen LogP contribution is -2.53. The molecule has 0 unspecified atom stereocenters. The number of imidazole rings is 2. The van der Waals surface area contributed by atoms with Crippen molar-refractivity contribution in [1.29, 1.82) is 0 Å². The molecule has 0 saturated carbocycles. The molecule has 2 aliphatic rings. The van der Waals surface area contributed by atoms with E-state index in [1.54, 1.807) is 13.1 Å². The fraction of sp³-hybridized carbons (Fsp3) is 0.512. The third-order valence-electron chi connectivity index (χ3n) is 10.7. The lowest BCUT2D eigenvalue weighted by Gasteiger charge is -2.33.